The van der Waals surface area contributed by atoms with Gasteiger partial charge in [-0.2, -0.15) is 5.26 Å². The Morgan fingerprint density at radius 1 is 1.23 bits per heavy atom. The first-order valence-corrected chi connectivity index (χ1v) is 9.22. The van der Waals surface area contributed by atoms with E-state index in [1.54, 1.807) is 26.0 Å². The van der Waals surface area contributed by atoms with Crippen LogP contribution in [0.4, 0.5) is 8.78 Å². The largest absolute Gasteiger partial charge is 0.493 e. The number of amides is 1. The molecule has 0 bridgehead atoms. The van der Waals surface area contributed by atoms with Gasteiger partial charge in [-0.05, 0) is 38.1 Å². The first kappa shape index (κ1) is 21.8. The Bertz CT molecular complexity index is 1130. The first-order chi connectivity index (χ1) is 14.8. The van der Waals surface area contributed by atoms with E-state index in [1.165, 1.54) is 19.2 Å². The van der Waals surface area contributed by atoms with Crippen LogP contribution in [0.1, 0.15) is 39.0 Å². The highest BCUT2D eigenvalue weighted by molar-refractivity contribution is 5.95. The maximum atomic E-state index is 14.0. The summed E-state index contributed by atoms with van der Waals surface area (Å²) in [7, 11) is 1.42. The fourth-order valence-electron chi connectivity index (χ4n) is 2.92. The van der Waals surface area contributed by atoms with Crippen molar-refractivity contribution < 1.29 is 27.6 Å². The molecule has 3 aromatic rings. The number of ether oxygens (including phenoxy) is 2. The molecule has 1 aromatic heterocycles. The minimum Gasteiger partial charge on any atom is -0.493 e. The molecule has 9 heteroatoms. The molecular formula is C22H19F2N3O4. The van der Waals surface area contributed by atoms with Gasteiger partial charge in [-0.25, -0.2) is 8.78 Å². The van der Waals surface area contributed by atoms with Crippen LogP contribution in [0.15, 0.2) is 40.9 Å². The van der Waals surface area contributed by atoms with E-state index in [9.17, 15) is 18.8 Å². The van der Waals surface area contributed by atoms with Gasteiger partial charge in [-0.1, -0.05) is 11.2 Å². The first-order valence-electron chi connectivity index (χ1n) is 9.22. The second kappa shape index (κ2) is 9.26. The molecule has 0 aliphatic carbocycles. The van der Waals surface area contributed by atoms with Crippen LogP contribution in [0.2, 0.25) is 0 Å². The number of nitrogens with zero attached hydrogens (tertiary/aromatic N) is 2. The van der Waals surface area contributed by atoms with Crippen molar-refractivity contribution in [2.24, 2.45) is 0 Å². The Morgan fingerprint density at radius 2 is 2.00 bits per heavy atom. The zero-order valence-corrected chi connectivity index (χ0v) is 17.0. The van der Waals surface area contributed by atoms with Crippen LogP contribution in [0.5, 0.6) is 11.5 Å². The molecule has 0 spiro atoms. The Kier molecular flexibility index (Phi) is 6.50. The van der Waals surface area contributed by atoms with E-state index in [2.05, 4.69) is 10.5 Å². The summed E-state index contributed by atoms with van der Waals surface area (Å²) in [5.74, 6) is -1.01. The predicted octanol–water partition coefficient (Wildman–Crippen LogP) is 4.15. The molecule has 0 aliphatic rings. The molecule has 0 radical (unpaired) electrons. The molecule has 0 aliphatic heterocycles. The Hall–Kier alpha value is -3.93. The third kappa shape index (κ3) is 4.80. The van der Waals surface area contributed by atoms with Gasteiger partial charge in [0.25, 0.3) is 5.91 Å². The normalized spacial score (nSPS) is 11.5. The molecule has 1 N–H and O–H groups in total. The quantitative estimate of drug-likeness (QED) is 0.608. The van der Waals surface area contributed by atoms with Gasteiger partial charge in [-0.15, -0.1) is 0 Å². The van der Waals surface area contributed by atoms with Crippen LogP contribution in [-0.2, 0) is 6.61 Å². The molecule has 7 nitrogen and oxygen atoms in total. The zero-order chi connectivity index (χ0) is 22.5. The number of nitriles is 1. The number of nitrogens with one attached hydrogen (secondary N) is 1. The van der Waals surface area contributed by atoms with E-state index in [0.717, 1.165) is 17.7 Å². The Labute approximate surface area is 177 Å². The standard InChI is InChI=1S/C22H19F2N3O4/c1-12-17(13(2)31-27-12)11-30-20-7-4-14(8-21(20)29-3)22(28)26-19(10-25)16-6-5-15(23)9-18(16)24/h4-9,19H,11H2,1-3H3,(H,26,28). The molecular weight excluding hydrogens is 408 g/mol. The lowest BCUT2D eigenvalue weighted by Gasteiger charge is -2.15. The van der Waals surface area contributed by atoms with Gasteiger partial charge in [0.15, 0.2) is 11.5 Å². The molecule has 0 saturated heterocycles. The topological polar surface area (TPSA) is 97.4 Å². The number of hydrogen-bond donors (Lipinski definition) is 1. The molecule has 1 amide bonds. The van der Waals surface area contributed by atoms with Crippen LogP contribution >= 0.6 is 0 Å². The van der Waals surface area contributed by atoms with Crippen molar-refractivity contribution in [2.75, 3.05) is 7.11 Å². The summed E-state index contributed by atoms with van der Waals surface area (Å²) in [4.78, 5) is 12.6. The van der Waals surface area contributed by atoms with E-state index in [-0.39, 0.29) is 17.7 Å². The predicted molar refractivity (Wildman–Crippen MR) is 105 cm³/mol. The second-order valence-electron chi connectivity index (χ2n) is 6.66. The van der Waals surface area contributed by atoms with Crippen LogP contribution in [0.3, 0.4) is 0 Å². The molecule has 31 heavy (non-hydrogen) atoms. The van der Waals surface area contributed by atoms with Crippen LogP contribution < -0.4 is 14.8 Å². The third-order valence-electron chi connectivity index (χ3n) is 4.66. The number of hydrogen-bond acceptors (Lipinski definition) is 6. The van der Waals surface area contributed by atoms with Gasteiger partial charge in [0.1, 0.15) is 30.0 Å². The highest BCUT2D eigenvalue weighted by atomic mass is 19.1. The minimum atomic E-state index is -1.30. The summed E-state index contributed by atoms with van der Waals surface area (Å²) in [5, 5.41) is 15.6. The number of benzene rings is 2. The monoisotopic (exact) mass is 427 g/mol. The number of halogens is 2. The van der Waals surface area contributed by atoms with Crippen molar-refractivity contribution in [3.63, 3.8) is 0 Å². The molecule has 1 unspecified atom stereocenters. The van der Waals surface area contributed by atoms with Gasteiger partial charge < -0.3 is 19.3 Å². The smallest absolute Gasteiger partial charge is 0.252 e. The molecule has 0 saturated carbocycles. The van der Waals surface area contributed by atoms with Gasteiger partial charge in [0, 0.05) is 17.2 Å². The number of rotatable bonds is 7. The summed E-state index contributed by atoms with van der Waals surface area (Å²) < 4.78 is 43.3. The number of methoxy groups -OCH3 is 1. The number of aromatic nitrogens is 1. The summed E-state index contributed by atoms with van der Waals surface area (Å²) in [6.45, 7) is 3.78. The van der Waals surface area contributed by atoms with Crippen LogP contribution in [0, 0.1) is 36.8 Å². The van der Waals surface area contributed by atoms with Gasteiger partial charge in [0.2, 0.25) is 0 Å². The van der Waals surface area contributed by atoms with Crippen molar-refractivity contribution in [3.8, 4) is 17.6 Å². The van der Waals surface area contributed by atoms with E-state index in [4.69, 9.17) is 14.0 Å². The Balaban J connectivity index is 1.76. The molecule has 2 aromatic carbocycles. The fourth-order valence-corrected chi connectivity index (χ4v) is 2.92. The van der Waals surface area contributed by atoms with E-state index in [1.807, 2.05) is 0 Å². The molecule has 3 rings (SSSR count). The lowest BCUT2D eigenvalue weighted by atomic mass is 10.1. The summed E-state index contributed by atoms with van der Waals surface area (Å²) in [6, 6.07) is 7.76. The second-order valence-corrected chi connectivity index (χ2v) is 6.66. The molecule has 0 fully saturated rings. The number of carbonyl (C=O) groups is 1. The lowest BCUT2D eigenvalue weighted by molar-refractivity contribution is 0.0944. The number of aryl methyl sites for hydroxylation is 2. The van der Waals surface area contributed by atoms with Crippen LogP contribution in [-0.4, -0.2) is 18.2 Å². The van der Waals surface area contributed by atoms with E-state index >= 15 is 0 Å². The average Bonchev–Trinajstić information content (AvgIpc) is 3.08. The van der Waals surface area contributed by atoms with E-state index in [0.29, 0.717) is 29.0 Å². The summed E-state index contributed by atoms with van der Waals surface area (Å²) in [5.41, 5.74) is 1.55. The number of carbonyl (C=O) groups excluding carboxylic acids is 1. The van der Waals surface area contributed by atoms with Gasteiger partial charge >= 0.3 is 0 Å². The van der Waals surface area contributed by atoms with Crippen molar-refractivity contribution in [3.05, 3.63) is 76.2 Å². The molecule has 1 heterocycles. The Morgan fingerprint density at radius 3 is 2.61 bits per heavy atom. The van der Waals surface area contributed by atoms with Gasteiger partial charge in [-0.3, -0.25) is 4.79 Å². The van der Waals surface area contributed by atoms with Crippen molar-refractivity contribution >= 4 is 5.91 Å². The highest BCUT2D eigenvalue weighted by Gasteiger charge is 2.20. The van der Waals surface area contributed by atoms with Crippen LogP contribution in [0.25, 0.3) is 0 Å². The third-order valence-corrected chi connectivity index (χ3v) is 4.66. The van der Waals surface area contributed by atoms with Crippen molar-refractivity contribution in [1.29, 1.82) is 5.26 Å². The van der Waals surface area contributed by atoms with Crippen molar-refractivity contribution in [2.45, 2.75) is 26.5 Å². The highest BCUT2D eigenvalue weighted by Crippen LogP contribution is 2.30. The molecule has 1 atom stereocenters. The van der Waals surface area contributed by atoms with Crippen molar-refractivity contribution in [1.82, 2.24) is 10.5 Å². The lowest BCUT2D eigenvalue weighted by Crippen LogP contribution is -2.28. The molecule has 160 valence electrons. The van der Waals surface area contributed by atoms with E-state index < -0.39 is 23.6 Å². The summed E-state index contributed by atoms with van der Waals surface area (Å²) >= 11 is 0. The zero-order valence-electron chi connectivity index (χ0n) is 17.0. The SMILES string of the molecule is COc1cc(C(=O)NC(C#N)c2ccc(F)cc2F)ccc1OCc1c(C)noc1C. The summed E-state index contributed by atoms with van der Waals surface area (Å²) in [6.07, 6.45) is 0. The average molecular weight is 427 g/mol. The fraction of sp³-hybridized carbons (Fsp3) is 0.227. The van der Waals surface area contributed by atoms with Gasteiger partial charge in [0.05, 0.1) is 24.4 Å². The maximum Gasteiger partial charge on any atom is 0.252 e. The maximum absolute atomic E-state index is 14.0. The minimum absolute atomic E-state index is 0.136.